The molecule has 0 aliphatic carbocycles. The monoisotopic (exact) mass is 942 g/mol. The summed E-state index contributed by atoms with van der Waals surface area (Å²) in [4.78, 5) is 17.9. The molecular weight excluding hydrogens is 906 g/mol. The van der Waals surface area contributed by atoms with Crippen molar-refractivity contribution in [2.75, 3.05) is 53.3 Å². The van der Waals surface area contributed by atoms with Crippen molar-refractivity contribution in [3.63, 3.8) is 0 Å². The fraction of sp³-hybridized carbons (Fsp3) is 0.136. The van der Waals surface area contributed by atoms with Gasteiger partial charge in [0.05, 0.1) is 87.9 Å². The van der Waals surface area contributed by atoms with E-state index in [9.17, 15) is 0 Å². The number of benzene rings is 4. The highest BCUT2D eigenvalue weighted by Gasteiger charge is 2.19. The fourth-order valence-electron chi connectivity index (χ4n) is 6.46. The van der Waals surface area contributed by atoms with Crippen molar-refractivity contribution >= 4 is 69.7 Å². The third-order valence-electron chi connectivity index (χ3n) is 9.38. The highest BCUT2D eigenvalue weighted by atomic mass is 35.5. The van der Waals surface area contributed by atoms with Crippen LogP contribution in [0.5, 0.6) is 34.5 Å². The second-order valence-electron chi connectivity index (χ2n) is 13.2. The van der Waals surface area contributed by atoms with E-state index in [1.807, 2.05) is 12.1 Å². The van der Waals surface area contributed by atoms with Crippen molar-refractivity contribution in [2.45, 2.75) is 0 Å². The molecule has 4 aromatic heterocycles. The first-order valence-corrected chi connectivity index (χ1v) is 20.4. The molecule has 4 N–H and O–H groups in total. The van der Waals surface area contributed by atoms with Crippen LogP contribution in [0, 0.1) is 0 Å². The van der Waals surface area contributed by atoms with E-state index in [0.717, 1.165) is 33.6 Å². The maximum absolute atomic E-state index is 6.39. The molecule has 8 aromatic rings. The summed E-state index contributed by atoms with van der Waals surface area (Å²) in [6.45, 7) is 0. The van der Waals surface area contributed by atoms with Crippen LogP contribution in [-0.2, 0) is 0 Å². The Morgan fingerprint density at radius 3 is 1.16 bits per heavy atom. The summed E-state index contributed by atoms with van der Waals surface area (Å²) in [5, 5.41) is 22.8. The molecule has 0 bridgehead atoms. The molecule has 328 valence electrons. The summed E-state index contributed by atoms with van der Waals surface area (Å²) in [6.07, 6.45) is 6.68. The lowest BCUT2D eigenvalue weighted by molar-refractivity contribution is 0.324. The molecule has 8 rings (SSSR count). The third-order valence-corrected chi connectivity index (χ3v) is 10.5. The van der Waals surface area contributed by atoms with Gasteiger partial charge in [-0.2, -0.15) is 10.2 Å². The van der Waals surface area contributed by atoms with Crippen LogP contribution >= 0.6 is 46.4 Å². The van der Waals surface area contributed by atoms with Crippen molar-refractivity contribution in [1.29, 1.82) is 0 Å². The average molecular weight is 945 g/mol. The molecule has 0 saturated heterocycles. The number of aromatic amines is 2. The molecule has 4 aromatic carbocycles. The lowest BCUT2D eigenvalue weighted by Crippen LogP contribution is -2.01. The van der Waals surface area contributed by atoms with Crippen molar-refractivity contribution in [3.8, 4) is 79.5 Å². The minimum atomic E-state index is 0.381. The van der Waals surface area contributed by atoms with Crippen molar-refractivity contribution in [3.05, 3.63) is 118 Å². The molecule has 0 radical (unpaired) electrons. The smallest absolute Gasteiger partial charge is 0.227 e. The topological polar surface area (TPSA) is 188 Å². The third kappa shape index (κ3) is 9.95. The minimum Gasteiger partial charge on any atom is -0.493 e. The number of aromatic nitrogens is 8. The number of nitrogens with one attached hydrogen (secondary N) is 4. The lowest BCUT2D eigenvalue weighted by atomic mass is 10.1. The maximum atomic E-state index is 6.39. The standard InChI is InChI=1S/2C22H19Cl2N5O3/c2*1-30-18-9-13(10-19(31-2)21(18)32-3)27-22-25-7-6-17(28-22)15-11-26-29-20(15)14-5-4-12(23)8-16(14)24/h2*4-11H,1-3H3,(H,26,29)(H,25,27,28). The zero-order chi connectivity index (χ0) is 45.3. The second kappa shape index (κ2) is 20.5. The van der Waals surface area contributed by atoms with Gasteiger partial charge in [-0.25, -0.2) is 19.9 Å². The molecule has 0 unspecified atom stereocenters. The summed E-state index contributed by atoms with van der Waals surface area (Å²) in [5.74, 6) is 3.81. The van der Waals surface area contributed by atoms with Crippen LogP contribution in [0.3, 0.4) is 0 Å². The zero-order valence-electron chi connectivity index (χ0n) is 34.9. The van der Waals surface area contributed by atoms with Gasteiger partial charge in [0.2, 0.25) is 23.4 Å². The normalized spacial score (nSPS) is 10.7. The van der Waals surface area contributed by atoms with Crippen LogP contribution < -0.4 is 39.1 Å². The van der Waals surface area contributed by atoms with Gasteiger partial charge in [0.25, 0.3) is 0 Å². The molecule has 20 heteroatoms. The van der Waals surface area contributed by atoms with E-state index in [1.54, 1.807) is 128 Å². The summed E-state index contributed by atoms with van der Waals surface area (Å²) < 4.78 is 32.3. The molecule has 0 fully saturated rings. The predicted molar refractivity (Wildman–Crippen MR) is 249 cm³/mol. The number of halogens is 4. The van der Waals surface area contributed by atoms with Crippen molar-refractivity contribution in [2.24, 2.45) is 0 Å². The first kappa shape index (κ1) is 45.1. The molecule has 4 heterocycles. The lowest BCUT2D eigenvalue weighted by Gasteiger charge is -2.14. The number of methoxy groups -OCH3 is 6. The fourth-order valence-corrected chi connectivity index (χ4v) is 7.46. The Morgan fingerprint density at radius 2 is 0.828 bits per heavy atom. The quantitative estimate of drug-likeness (QED) is 0.0806. The highest BCUT2D eigenvalue weighted by molar-refractivity contribution is 6.37. The number of rotatable bonds is 14. The van der Waals surface area contributed by atoms with Gasteiger partial charge in [-0.1, -0.05) is 46.4 Å². The molecule has 0 aliphatic heterocycles. The van der Waals surface area contributed by atoms with E-state index >= 15 is 0 Å². The van der Waals surface area contributed by atoms with Gasteiger partial charge in [0, 0.05) is 80.3 Å². The van der Waals surface area contributed by atoms with Crippen LogP contribution in [0.1, 0.15) is 0 Å². The van der Waals surface area contributed by atoms with Gasteiger partial charge >= 0.3 is 0 Å². The maximum Gasteiger partial charge on any atom is 0.227 e. The molecule has 0 atom stereocenters. The van der Waals surface area contributed by atoms with Crippen LogP contribution in [0.25, 0.3) is 45.0 Å². The Balaban J connectivity index is 0.000000191. The Kier molecular flexibility index (Phi) is 14.4. The molecule has 0 amide bonds. The van der Waals surface area contributed by atoms with Crippen molar-refractivity contribution < 1.29 is 28.4 Å². The van der Waals surface area contributed by atoms with E-state index in [1.165, 1.54) is 0 Å². The largest absolute Gasteiger partial charge is 0.493 e. The number of nitrogens with zero attached hydrogens (tertiary/aromatic N) is 6. The highest BCUT2D eigenvalue weighted by Crippen LogP contribution is 2.42. The Morgan fingerprint density at radius 1 is 0.453 bits per heavy atom. The Labute approximate surface area is 387 Å². The van der Waals surface area contributed by atoms with Crippen LogP contribution in [0.2, 0.25) is 20.1 Å². The van der Waals surface area contributed by atoms with E-state index in [2.05, 4.69) is 51.0 Å². The first-order valence-electron chi connectivity index (χ1n) is 18.9. The van der Waals surface area contributed by atoms with Crippen LogP contribution in [0.4, 0.5) is 23.3 Å². The van der Waals surface area contributed by atoms with Gasteiger partial charge in [0.1, 0.15) is 0 Å². The van der Waals surface area contributed by atoms with Gasteiger partial charge in [0.15, 0.2) is 23.0 Å². The van der Waals surface area contributed by atoms with Crippen LogP contribution in [-0.4, -0.2) is 83.0 Å². The number of hydrogen-bond acceptors (Lipinski definition) is 14. The summed E-state index contributed by atoms with van der Waals surface area (Å²) >= 11 is 24.8. The zero-order valence-corrected chi connectivity index (χ0v) is 37.9. The Hall–Kier alpha value is -6.98. The molecule has 0 aliphatic rings. The van der Waals surface area contributed by atoms with Crippen LogP contribution in [0.15, 0.2) is 97.6 Å². The molecule has 16 nitrogen and oxygen atoms in total. The van der Waals surface area contributed by atoms with Gasteiger partial charge in [-0.15, -0.1) is 0 Å². The predicted octanol–water partition coefficient (Wildman–Crippen LogP) is 11.2. The summed E-state index contributed by atoms with van der Waals surface area (Å²) in [6, 6.07) is 21.2. The molecule has 0 saturated carbocycles. The minimum absolute atomic E-state index is 0.381. The van der Waals surface area contributed by atoms with Gasteiger partial charge < -0.3 is 39.1 Å². The number of H-pyrrole nitrogens is 2. The van der Waals surface area contributed by atoms with E-state index in [0.29, 0.717) is 89.2 Å². The van der Waals surface area contributed by atoms with E-state index < -0.39 is 0 Å². The Bertz CT molecular complexity index is 2670. The van der Waals surface area contributed by atoms with Crippen molar-refractivity contribution in [1.82, 2.24) is 40.3 Å². The van der Waals surface area contributed by atoms with Gasteiger partial charge in [-0.3, -0.25) is 10.2 Å². The van der Waals surface area contributed by atoms with E-state index in [4.69, 9.17) is 74.8 Å². The van der Waals surface area contributed by atoms with Gasteiger partial charge in [-0.05, 0) is 48.5 Å². The SMILES string of the molecule is COc1cc(Nc2nccc(-c3cn[nH]c3-c3ccc(Cl)cc3Cl)n2)cc(OC)c1OC.COc1cc(Nc2nccc(-c3cn[nH]c3-c3ccc(Cl)cc3Cl)n2)cc(OC)c1OC. The number of anilines is 4. The molecular formula is C44H38Cl4N10O6. The summed E-state index contributed by atoms with van der Waals surface area (Å²) in [5.41, 5.74) is 7.18. The molecule has 0 spiro atoms. The first-order chi connectivity index (χ1) is 31.1. The number of hydrogen-bond donors (Lipinski definition) is 4. The average Bonchev–Trinajstić information content (AvgIpc) is 4.00. The summed E-state index contributed by atoms with van der Waals surface area (Å²) in [7, 11) is 9.33. The second-order valence-corrected chi connectivity index (χ2v) is 14.9. The van der Waals surface area contributed by atoms with E-state index in [-0.39, 0.29) is 0 Å². The molecule has 64 heavy (non-hydrogen) atoms. The number of ether oxygens (including phenoxy) is 6.